The van der Waals surface area contributed by atoms with Gasteiger partial charge < -0.3 is 9.47 Å². The normalized spacial score (nSPS) is 9.71. The van der Waals surface area contributed by atoms with Crippen LogP contribution in [0, 0.1) is 12.3 Å². The fraction of sp³-hybridized carbons (Fsp3) is 0.176. The lowest BCUT2D eigenvalue weighted by atomic mass is 10.1. The third-order valence-corrected chi connectivity index (χ3v) is 2.71. The molecule has 1 aromatic heterocycles. The van der Waals surface area contributed by atoms with Gasteiger partial charge in [-0.15, -0.1) is 6.42 Å². The van der Waals surface area contributed by atoms with E-state index in [1.54, 1.807) is 12.1 Å². The summed E-state index contributed by atoms with van der Waals surface area (Å²) in [7, 11) is 0. The maximum absolute atomic E-state index is 11.7. The summed E-state index contributed by atoms with van der Waals surface area (Å²) < 4.78 is 10.3. The SMILES string of the molecule is C#CCOC(=O)c1cccc(-c2ccc(OCC)cc2)n1. The average molecular weight is 281 g/mol. The van der Waals surface area contributed by atoms with Crippen molar-refractivity contribution >= 4 is 5.97 Å². The molecule has 0 aliphatic carbocycles. The first-order chi connectivity index (χ1) is 10.2. The Hall–Kier alpha value is -2.80. The highest BCUT2D eigenvalue weighted by Crippen LogP contribution is 2.21. The van der Waals surface area contributed by atoms with Crippen molar-refractivity contribution < 1.29 is 14.3 Å². The molecule has 2 aromatic rings. The number of terminal acetylenes is 1. The largest absolute Gasteiger partial charge is 0.494 e. The van der Waals surface area contributed by atoms with E-state index < -0.39 is 5.97 Å². The number of carbonyl (C=O) groups excluding carboxylic acids is 1. The number of benzene rings is 1. The second-order valence-corrected chi connectivity index (χ2v) is 4.15. The molecule has 21 heavy (non-hydrogen) atoms. The first-order valence-electron chi connectivity index (χ1n) is 6.55. The van der Waals surface area contributed by atoms with Gasteiger partial charge >= 0.3 is 5.97 Å². The molecule has 0 radical (unpaired) electrons. The lowest BCUT2D eigenvalue weighted by Gasteiger charge is -2.06. The maximum Gasteiger partial charge on any atom is 0.357 e. The van der Waals surface area contributed by atoms with Gasteiger partial charge in [-0.25, -0.2) is 9.78 Å². The Labute approximate surface area is 123 Å². The Morgan fingerprint density at radius 2 is 2.00 bits per heavy atom. The molecule has 0 saturated carbocycles. The molecule has 0 amide bonds. The van der Waals surface area contributed by atoms with Crippen molar-refractivity contribution in [1.82, 2.24) is 4.98 Å². The van der Waals surface area contributed by atoms with Crippen molar-refractivity contribution in [3.63, 3.8) is 0 Å². The molecule has 0 unspecified atom stereocenters. The molecule has 0 N–H and O–H groups in total. The monoisotopic (exact) mass is 281 g/mol. The van der Waals surface area contributed by atoms with E-state index in [9.17, 15) is 4.79 Å². The summed E-state index contributed by atoms with van der Waals surface area (Å²) in [4.78, 5) is 16.0. The number of rotatable bonds is 5. The van der Waals surface area contributed by atoms with Crippen LogP contribution >= 0.6 is 0 Å². The number of hydrogen-bond acceptors (Lipinski definition) is 4. The van der Waals surface area contributed by atoms with Crippen LogP contribution in [0.2, 0.25) is 0 Å². The molecule has 0 bridgehead atoms. The summed E-state index contributed by atoms with van der Waals surface area (Å²) in [6.45, 7) is 2.49. The summed E-state index contributed by atoms with van der Waals surface area (Å²) in [6.07, 6.45) is 5.06. The first-order valence-corrected chi connectivity index (χ1v) is 6.55. The van der Waals surface area contributed by atoms with Crippen molar-refractivity contribution in [2.24, 2.45) is 0 Å². The Morgan fingerprint density at radius 3 is 2.67 bits per heavy atom. The molecule has 1 heterocycles. The van der Waals surface area contributed by atoms with E-state index in [0.29, 0.717) is 12.3 Å². The molecule has 0 aliphatic rings. The van der Waals surface area contributed by atoms with E-state index in [2.05, 4.69) is 10.9 Å². The minimum Gasteiger partial charge on any atom is -0.494 e. The molecule has 4 nitrogen and oxygen atoms in total. The number of hydrogen-bond donors (Lipinski definition) is 0. The van der Waals surface area contributed by atoms with Gasteiger partial charge in [0.25, 0.3) is 0 Å². The van der Waals surface area contributed by atoms with Gasteiger partial charge in [-0.05, 0) is 43.3 Å². The number of pyridine rings is 1. The fourth-order valence-corrected chi connectivity index (χ4v) is 1.78. The average Bonchev–Trinajstić information content (AvgIpc) is 2.54. The topological polar surface area (TPSA) is 48.4 Å². The molecular formula is C17H15NO3. The van der Waals surface area contributed by atoms with Gasteiger partial charge in [0.2, 0.25) is 0 Å². The second kappa shape index (κ2) is 7.11. The zero-order chi connectivity index (χ0) is 15.1. The predicted molar refractivity (Wildman–Crippen MR) is 80.0 cm³/mol. The molecule has 0 spiro atoms. The zero-order valence-electron chi connectivity index (χ0n) is 11.7. The zero-order valence-corrected chi connectivity index (χ0v) is 11.7. The van der Waals surface area contributed by atoms with Crippen molar-refractivity contribution in [1.29, 1.82) is 0 Å². The lowest BCUT2D eigenvalue weighted by molar-refractivity contribution is 0.0550. The van der Waals surface area contributed by atoms with Crippen LogP contribution in [-0.2, 0) is 4.74 Å². The minimum atomic E-state index is -0.527. The van der Waals surface area contributed by atoms with Crippen LogP contribution in [0.25, 0.3) is 11.3 Å². The Kier molecular flexibility index (Phi) is 4.94. The van der Waals surface area contributed by atoms with E-state index in [4.69, 9.17) is 15.9 Å². The smallest absolute Gasteiger partial charge is 0.357 e. The molecule has 106 valence electrons. The van der Waals surface area contributed by atoms with Crippen LogP contribution in [-0.4, -0.2) is 24.2 Å². The van der Waals surface area contributed by atoms with E-state index in [0.717, 1.165) is 11.3 Å². The lowest BCUT2D eigenvalue weighted by Crippen LogP contribution is -2.07. The van der Waals surface area contributed by atoms with Gasteiger partial charge in [0.1, 0.15) is 11.4 Å². The van der Waals surface area contributed by atoms with Crippen LogP contribution < -0.4 is 4.74 Å². The highest BCUT2D eigenvalue weighted by Gasteiger charge is 2.09. The summed E-state index contributed by atoms with van der Waals surface area (Å²) in [5, 5.41) is 0. The van der Waals surface area contributed by atoms with Gasteiger partial charge in [-0.2, -0.15) is 0 Å². The molecular weight excluding hydrogens is 266 g/mol. The van der Waals surface area contributed by atoms with Crippen LogP contribution in [0.4, 0.5) is 0 Å². The molecule has 1 aromatic carbocycles. The number of nitrogens with zero attached hydrogens (tertiary/aromatic N) is 1. The van der Waals surface area contributed by atoms with Gasteiger partial charge in [0.15, 0.2) is 6.61 Å². The molecule has 0 fully saturated rings. The van der Waals surface area contributed by atoms with Crippen molar-refractivity contribution in [2.75, 3.05) is 13.2 Å². The van der Waals surface area contributed by atoms with Gasteiger partial charge in [0, 0.05) is 5.56 Å². The summed E-state index contributed by atoms with van der Waals surface area (Å²) in [5.74, 6) is 2.52. The Morgan fingerprint density at radius 1 is 1.24 bits per heavy atom. The molecule has 0 saturated heterocycles. The molecule has 0 atom stereocenters. The van der Waals surface area contributed by atoms with Crippen LogP contribution in [0.5, 0.6) is 5.75 Å². The second-order valence-electron chi connectivity index (χ2n) is 4.15. The number of ether oxygens (including phenoxy) is 2. The Balaban J connectivity index is 2.20. The molecule has 0 aliphatic heterocycles. The van der Waals surface area contributed by atoms with E-state index in [1.807, 2.05) is 37.3 Å². The maximum atomic E-state index is 11.7. The molecule has 4 heteroatoms. The number of carbonyl (C=O) groups is 1. The van der Waals surface area contributed by atoms with Gasteiger partial charge in [0.05, 0.1) is 12.3 Å². The van der Waals surface area contributed by atoms with Gasteiger partial charge in [-0.3, -0.25) is 0 Å². The summed E-state index contributed by atoms with van der Waals surface area (Å²) >= 11 is 0. The van der Waals surface area contributed by atoms with E-state index in [-0.39, 0.29) is 12.3 Å². The van der Waals surface area contributed by atoms with Crippen LogP contribution in [0.1, 0.15) is 17.4 Å². The minimum absolute atomic E-state index is 0.0617. The predicted octanol–water partition coefficient (Wildman–Crippen LogP) is 2.94. The summed E-state index contributed by atoms with van der Waals surface area (Å²) in [5.41, 5.74) is 1.81. The van der Waals surface area contributed by atoms with Gasteiger partial charge in [-0.1, -0.05) is 12.0 Å². The highest BCUT2D eigenvalue weighted by atomic mass is 16.5. The van der Waals surface area contributed by atoms with Crippen molar-refractivity contribution in [3.8, 4) is 29.4 Å². The van der Waals surface area contributed by atoms with Crippen LogP contribution in [0.3, 0.4) is 0 Å². The molecule has 2 rings (SSSR count). The van der Waals surface area contributed by atoms with Crippen molar-refractivity contribution in [3.05, 3.63) is 48.2 Å². The number of aromatic nitrogens is 1. The third-order valence-electron chi connectivity index (χ3n) is 2.71. The third kappa shape index (κ3) is 3.83. The van der Waals surface area contributed by atoms with E-state index >= 15 is 0 Å². The van der Waals surface area contributed by atoms with Crippen molar-refractivity contribution in [2.45, 2.75) is 6.92 Å². The Bertz CT molecular complexity index is 656. The quantitative estimate of drug-likeness (QED) is 0.624. The standard InChI is InChI=1S/C17H15NO3/c1-3-12-21-17(19)16-7-5-6-15(18-16)13-8-10-14(11-9-13)20-4-2/h1,5-11H,4,12H2,2H3. The van der Waals surface area contributed by atoms with E-state index in [1.165, 1.54) is 0 Å². The number of esters is 1. The fourth-order valence-electron chi connectivity index (χ4n) is 1.78. The highest BCUT2D eigenvalue weighted by molar-refractivity contribution is 5.88. The van der Waals surface area contributed by atoms with Crippen LogP contribution in [0.15, 0.2) is 42.5 Å². The summed E-state index contributed by atoms with van der Waals surface area (Å²) in [6, 6.07) is 12.7. The first kappa shape index (κ1) is 14.6.